The van der Waals surface area contributed by atoms with Crippen molar-refractivity contribution in [2.45, 2.75) is 11.4 Å². The number of benzene rings is 2. The second-order valence-corrected chi connectivity index (χ2v) is 6.76. The van der Waals surface area contributed by atoms with Gasteiger partial charge < -0.3 is 14.8 Å². The Morgan fingerprint density at radius 1 is 1.19 bits per heavy atom. The number of fused-ring (bicyclic) bond motifs is 3. The molecule has 1 aromatic heterocycles. The molecule has 0 unspecified atom stereocenters. The van der Waals surface area contributed by atoms with Crippen LogP contribution in [0.3, 0.4) is 0 Å². The minimum atomic E-state index is -0.475. The van der Waals surface area contributed by atoms with E-state index in [1.165, 1.54) is 11.8 Å². The predicted octanol–water partition coefficient (Wildman–Crippen LogP) is 4.33. The molecule has 6 nitrogen and oxygen atoms in total. The number of anilines is 1. The van der Waals surface area contributed by atoms with E-state index in [0.29, 0.717) is 22.5 Å². The van der Waals surface area contributed by atoms with Crippen LogP contribution in [0, 0.1) is 0 Å². The molecule has 7 heteroatoms. The van der Waals surface area contributed by atoms with E-state index in [0.717, 1.165) is 22.6 Å². The number of thioether (sulfide) groups is 1. The maximum absolute atomic E-state index is 6.24. The van der Waals surface area contributed by atoms with Crippen LogP contribution in [0.25, 0.3) is 11.3 Å². The standard InChI is InChI=1S/C20H18N4O2S/c1-3-12-27-20-22-19-17(23-24-20)13-8-4-6-10-15(13)21-18(26-19)14-9-5-7-11-16(14)25-2/h3-11,18,21H,1,12H2,2H3/t18-/m1/s1. The lowest BCUT2D eigenvalue weighted by Gasteiger charge is -2.21. The van der Waals surface area contributed by atoms with Gasteiger partial charge in [0.1, 0.15) is 5.75 Å². The van der Waals surface area contributed by atoms with Gasteiger partial charge in [-0.25, -0.2) is 0 Å². The van der Waals surface area contributed by atoms with E-state index in [-0.39, 0.29) is 0 Å². The zero-order chi connectivity index (χ0) is 18.6. The van der Waals surface area contributed by atoms with Crippen LogP contribution in [0.15, 0.2) is 66.3 Å². The number of methoxy groups -OCH3 is 1. The Morgan fingerprint density at radius 2 is 2.00 bits per heavy atom. The molecule has 0 amide bonds. The van der Waals surface area contributed by atoms with Gasteiger partial charge >= 0.3 is 0 Å². The van der Waals surface area contributed by atoms with Crippen molar-refractivity contribution in [2.24, 2.45) is 0 Å². The van der Waals surface area contributed by atoms with Gasteiger partial charge in [0.15, 0.2) is 5.69 Å². The highest BCUT2D eigenvalue weighted by atomic mass is 32.2. The molecule has 1 aliphatic rings. The fourth-order valence-corrected chi connectivity index (χ4v) is 3.38. The molecule has 0 saturated carbocycles. The first-order valence-electron chi connectivity index (χ1n) is 8.44. The molecule has 1 N–H and O–H groups in total. The van der Waals surface area contributed by atoms with Crippen LogP contribution in [0.1, 0.15) is 11.8 Å². The summed E-state index contributed by atoms with van der Waals surface area (Å²) in [6.07, 6.45) is 1.33. The number of rotatable bonds is 5. The van der Waals surface area contributed by atoms with Crippen molar-refractivity contribution in [3.63, 3.8) is 0 Å². The van der Waals surface area contributed by atoms with Crippen molar-refractivity contribution in [1.29, 1.82) is 0 Å². The molecule has 0 aliphatic carbocycles. The van der Waals surface area contributed by atoms with Crippen molar-refractivity contribution in [3.8, 4) is 22.9 Å². The van der Waals surface area contributed by atoms with E-state index < -0.39 is 6.23 Å². The van der Waals surface area contributed by atoms with Gasteiger partial charge in [0, 0.05) is 17.0 Å². The average Bonchev–Trinajstić information content (AvgIpc) is 2.88. The number of nitrogens with one attached hydrogen (secondary N) is 1. The van der Waals surface area contributed by atoms with Gasteiger partial charge in [-0.15, -0.1) is 16.8 Å². The molecular weight excluding hydrogens is 360 g/mol. The monoisotopic (exact) mass is 378 g/mol. The SMILES string of the molecule is C=CCSc1nnc2c(n1)O[C@H](c1ccccc1OC)Nc1ccccc1-2. The van der Waals surface area contributed by atoms with Gasteiger partial charge in [-0.05, 0) is 18.2 Å². The van der Waals surface area contributed by atoms with E-state index in [2.05, 4.69) is 27.1 Å². The summed E-state index contributed by atoms with van der Waals surface area (Å²) in [4.78, 5) is 4.58. The zero-order valence-electron chi connectivity index (χ0n) is 14.8. The summed E-state index contributed by atoms with van der Waals surface area (Å²) >= 11 is 1.46. The summed E-state index contributed by atoms with van der Waals surface area (Å²) in [7, 11) is 1.64. The third kappa shape index (κ3) is 3.46. The molecular formula is C20H18N4O2S. The second-order valence-electron chi connectivity index (χ2n) is 5.78. The fraction of sp³-hybridized carbons (Fsp3) is 0.150. The first-order chi connectivity index (χ1) is 13.3. The molecule has 136 valence electrons. The Bertz CT molecular complexity index is 980. The quantitative estimate of drug-likeness (QED) is 0.523. The van der Waals surface area contributed by atoms with Crippen molar-refractivity contribution in [2.75, 3.05) is 18.2 Å². The number of nitrogens with zero attached hydrogens (tertiary/aromatic N) is 3. The predicted molar refractivity (Wildman–Crippen MR) is 106 cm³/mol. The number of hydrogen-bond acceptors (Lipinski definition) is 7. The highest BCUT2D eigenvalue weighted by Gasteiger charge is 2.27. The number of hydrogen-bond donors (Lipinski definition) is 1. The minimum Gasteiger partial charge on any atom is -0.496 e. The highest BCUT2D eigenvalue weighted by molar-refractivity contribution is 7.99. The van der Waals surface area contributed by atoms with Gasteiger partial charge in [0.25, 0.3) is 0 Å². The van der Waals surface area contributed by atoms with Crippen molar-refractivity contribution < 1.29 is 9.47 Å². The summed E-state index contributed by atoms with van der Waals surface area (Å²) in [5.74, 6) is 1.87. The second kappa shape index (κ2) is 7.67. The van der Waals surface area contributed by atoms with Gasteiger partial charge in [0.05, 0.1) is 12.7 Å². The van der Waals surface area contributed by atoms with Crippen LogP contribution in [-0.2, 0) is 0 Å². The van der Waals surface area contributed by atoms with Crippen molar-refractivity contribution in [1.82, 2.24) is 15.2 Å². The molecule has 3 aromatic rings. The van der Waals surface area contributed by atoms with Gasteiger partial charge in [-0.3, -0.25) is 0 Å². The Morgan fingerprint density at radius 3 is 2.85 bits per heavy atom. The van der Waals surface area contributed by atoms with Gasteiger partial charge in [0.2, 0.25) is 17.3 Å². The molecule has 0 spiro atoms. The first kappa shape index (κ1) is 17.4. The van der Waals surface area contributed by atoms with Crippen molar-refractivity contribution >= 4 is 17.4 Å². The number of ether oxygens (including phenoxy) is 2. The largest absolute Gasteiger partial charge is 0.496 e. The molecule has 2 heterocycles. The Kier molecular flexibility index (Phi) is 4.93. The number of para-hydroxylation sites is 2. The molecule has 0 bridgehead atoms. The summed E-state index contributed by atoms with van der Waals surface area (Å²) in [6.45, 7) is 3.73. The third-order valence-corrected chi connectivity index (χ3v) is 4.92. The van der Waals surface area contributed by atoms with Gasteiger partial charge in [-0.1, -0.05) is 48.2 Å². The van der Waals surface area contributed by atoms with Crippen LogP contribution < -0.4 is 14.8 Å². The maximum Gasteiger partial charge on any atom is 0.247 e. The molecule has 2 aromatic carbocycles. The Balaban J connectivity index is 1.82. The van der Waals surface area contributed by atoms with E-state index >= 15 is 0 Å². The van der Waals surface area contributed by atoms with Crippen LogP contribution >= 0.6 is 11.8 Å². The highest BCUT2D eigenvalue weighted by Crippen LogP contribution is 2.40. The Hall–Kier alpha value is -3.06. The number of aromatic nitrogens is 3. The molecule has 1 atom stereocenters. The van der Waals surface area contributed by atoms with Crippen LogP contribution in [0.5, 0.6) is 11.6 Å². The van der Waals surface area contributed by atoms with E-state index in [4.69, 9.17) is 9.47 Å². The maximum atomic E-state index is 6.24. The molecule has 1 aliphatic heterocycles. The summed E-state index contributed by atoms with van der Waals surface area (Å²) < 4.78 is 11.8. The average molecular weight is 378 g/mol. The Labute approximate surface area is 161 Å². The van der Waals surface area contributed by atoms with E-state index in [9.17, 15) is 0 Å². The lowest BCUT2D eigenvalue weighted by atomic mass is 10.1. The summed E-state index contributed by atoms with van der Waals surface area (Å²) in [5, 5.41) is 12.6. The fourth-order valence-electron chi connectivity index (χ4n) is 2.87. The smallest absolute Gasteiger partial charge is 0.247 e. The molecule has 0 fully saturated rings. The van der Waals surface area contributed by atoms with Crippen molar-refractivity contribution in [3.05, 3.63) is 66.7 Å². The van der Waals surface area contributed by atoms with E-state index in [1.54, 1.807) is 13.2 Å². The third-order valence-electron chi connectivity index (χ3n) is 4.09. The summed E-state index contributed by atoms with van der Waals surface area (Å²) in [5.41, 5.74) is 3.28. The van der Waals surface area contributed by atoms with Crippen LogP contribution in [0.4, 0.5) is 5.69 Å². The van der Waals surface area contributed by atoms with Gasteiger partial charge in [-0.2, -0.15) is 4.98 Å². The lowest BCUT2D eigenvalue weighted by Crippen LogP contribution is -2.18. The molecule has 4 rings (SSSR count). The molecule has 0 saturated heterocycles. The minimum absolute atomic E-state index is 0.435. The van der Waals surface area contributed by atoms with Crippen LogP contribution in [-0.4, -0.2) is 28.0 Å². The topological polar surface area (TPSA) is 69.2 Å². The lowest BCUT2D eigenvalue weighted by molar-refractivity contribution is 0.220. The van der Waals surface area contributed by atoms with E-state index in [1.807, 2.05) is 48.5 Å². The molecule has 0 radical (unpaired) electrons. The molecule has 27 heavy (non-hydrogen) atoms. The zero-order valence-corrected chi connectivity index (χ0v) is 15.6. The van der Waals surface area contributed by atoms with Crippen LogP contribution in [0.2, 0.25) is 0 Å². The first-order valence-corrected chi connectivity index (χ1v) is 9.42. The normalized spacial score (nSPS) is 14.8. The summed E-state index contributed by atoms with van der Waals surface area (Å²) in [6, 6.07) is 15.6.